The minimum Gasteiger partial charge on any atom is -0.347 e. The molecule has 110 valence electrons. The molecule has 0 spiro atoms. The molecule has 1 N–H and O–H groups in total. The molecule has 0 aliphatic carbocycles. The molecule has 0 fully saturated rings. The Kier molecular flexibility index (Phi) is 4.52. The van der Waals surface area contributed by atoms with E-state index < -0.39 is 0 Å². The van der Waals surface area contributed by atoms with Gasteiger partial charge < -0.3 is 10.2 Å². The van der Waals surface area contributed by atoms with Crippen LogP contribution in [0.15, 0.2) is 30.5 Å². The van der Waals surface area contributed by atoms with E-state index in [1.807, 2.05) is 45.3 Å². The van der Waals surface area contributed by atoms with E-state index in [-0.39, 0.29) is 5.91 Å². The number of hydrogen-bond acceptors (Lipinski definition) is 4. The van der Waals surface area contributed by atoms with E-state index in [0.29, 0.717) is 17.2 Å². The SMILES string of the molecule is CCc1ccc(NC(=O)c2cnc(N(C)C)nc2C)cc1. The standard InChI is InChI=1S/C16H20N4O/c1-5-12-6-8-13(9-7-12)19-15(21)14-10-17-16(20(3)4)18-11(14)2/h6-10H,5H2,1-4H3,(H,19,21). The monoisotopic (exact) mass is 284 g/mol. The van der Waals surface area contributed by atoms with E-state index in [9.17, 15) is 4.79 Å². The number of anilines is 2. The zero-order valence-electron chi connectivity index (χ0n) is 12.8. The summed E-state index contributed by atoms with van der Waals surface area (Å²) < 4.78 is 0. The number of nitrogens with zero attached hydrogens (tertiary/aromatic N) is 3. The predicted octanol–water partition coefficient (Wildman–Crippen LogP) is 2.67. The van der Waals surface area contributed by atoms with Crippen molar-refractivity contribution in [3.05, 3.63) is 47.3 Å². The number of amides is 1. The van der Waals surface area contributed by atoms with Gasteiger partial charge in [-0.25, -0.2) is 9.97 Å². The lowest BCUT2D eigenvalue weighted by Gasteiger charge is -2.12. The van der Waals surface area contributed by atoms with Gasteiger partial charge in [-0.2, -0.15) is 0 Å². The summed E-state index contributed by atoms with van der Waals surface area (Å²) in [6, 6.07) is 7.82. The first kappa shape index (κ1) is 15.0. The maximum Gasteiger partial charge on any atom is 0.259 e. The molecule has 0 atom stereocenters. The summed E-state index contributed by atoms with van der Waals surface area (Å²) in [5, 5.41) is 2.87. The molecular weight excluding hydrogens is 264 g/mol. The van der Waals surface area contributed by atoms with Gasteiger partial charge in [0.25, 0.3) is 5.91 Å². The second kappa shape index (κ2) is 6.35. The molecule has 2 aromatic rings. The summed E-state index contributed by atoms with van der Waals surface area (Å²) in [7, 11) is 3.73. The van der Waals surface area contributed by atoms with Gasteiger partial charge in [0.1, 0.15) is 0 Å². The van der Waals surface area contributed by atoms with Gasteiger partial charge in [-0.1, -0.05) is 19.1 Å². The van der Waals surface area contributed by atoms with Crippen molar-refractivity contribution in [3.8, 4) is 0 Å². The maximum absolute atomic E-state index is 12.3. The Morgan fingerprint density at radius 2 is 1.90 bits per heavy atom. The summed E-state index contributed by atoms with van der Waals surface area (Å²) in [4.78, 5) is 22.6. The first-order valence-corrected chi connectivity index (χ1v) is 6.92. The molecule has 0 radical (unpaired) electrons. The quantitative estimate of drug-likeness (QED) is 0.937. The molecule has 2 rings (SSSR count). The fraction of sp³-hybridized carbons (Fsp3) is 0.312. The first-order chi connectivity index (χ1) is 10.0. The zero-order valence-corrected chi connectivity index (χ0v) is 12.8. The lowest BCUT2D eigenvalue weighted by molar-refractivity contribution is 0.102. The van der Waals surface area contributed by atoms with Gasteiger partial charge >= 0.3 is 0 Å². The molecular formula is C16H20N4O. The molecule has 0 aliphatic rings. The summed E-state index contributed by atoms with van der Waals surface area (Å²) in [5.41, 5.74) is 3.16. The van der Waals surface area contributed by atoms with E-state index in [1.54, 1.807) is 11.1 Å². The largest absolute Gasteiger partial charge is 0.347 e. The van der Waals surface area contributed by atoms with E-state index in [1.165, 1.54) is 5.56 Å². The summed E-state index contributed by atoms with van der Waals surface area (Å²) >= 11 is 0. The predicted molar refractivity (Wildman–Crippen MR) is 84.9 cm³/mol. The van der Waals surface area contributed by atoms with Crippen molar-refractivity contribution in [2.75, 3.05) is 24.3 Å². The number of nitrogens with one attached hydrogen (secondary N) is 1. The highest BCUT2D eigenvalue weighted by molar-refractivity contribution is 6.04. The first-order valence-electron chi connectivity index (χ1n) is 6.92. The van der Waals surface area contributed by atoms with Crippen LogP contribution in [0.3, 0.4) is 0 Å². The number of rotatable bonds is 4. The Morgan fingerprint density at radius 1 is 1.24 bits per heavy atom. The van der Waals surface area contributed by atoms with Crippen LogP contribution in [0.5, 0.6) is 0 Å². The molecule has 1 amide bonds. The maximum atomic E-state index is 12.3. The number of hydrogen-bond donors (Lipinski definition) is 1. The van der Waals surface area contributed by atoms with E-state index in [4.69, 9.17) is 0 Å². The van der Waals surface area contributed by atoms with Crippen LogP contribution >= 0.6 is 0 Å². The van der Waals surface area contributed by atoms with E-state index in [0.717, 1.165) is 12.1 Å². The van der Waals surface area contributed by atoms with Crippen LogP contribution in [0.25, 0.3) is 0 Å². The number of carbonyl (C=O) groups excluding carboxylic acids is 1. The van der Waals surface area contributed by atoms with Crippen molar-refractivity contribution in [2.24, 2.45) is 0 Å². The zero-order chi connectivity index (χ0) is 15.4. The van der Waals surface area contributed by atoms with Gasteiger partial charge in [-0.3, -0.25) is 4.79 Å². The van der Waals surface area contributed by atoms with E-state index in [2.05, 4.69) is 22.2 Å². The lowest BCUT2D eigenvalue weighted by atomic mass is 10.1. The smallest absolute Gasteiger partial charge is 0.259 e. The Labute approximate surface area is 125 Å². The van der Waals surface area contributed by atoms with Crippen LogP contribution in [-0.4, -0.2) is 30.0 Å². The minimum absolute atomic E-state index is 0.193. The van der Waals surface area contributed by atoms with Gasteiger partial charge in [0.2, 0.25) is 5.95 Å². The third-order valence-electron chi connectivity index (χ3n) is 3.23. The average molecular weight is 284 g/mol. The van der Waals surface area contributed by atoms with Crippen LogP contribution < -0.4 is 10.2 Å². The van der Waals surface area contributed by atoms with Gasteiger partial charge in [0.05, 0.1) is 11.3 Å². The number of aromatic nitrogens is 2. The van der Waals surface area contributed by atoms with Crippen molar-refractivity contribution in [1.29, 1.82) is 0 Å². The van der Waals surface area contributed by atoms with Crippen LogP contribution in [-0.2, 0) is 6.42 Å². The van der Waals surface area contributed by atoms with Crippen molar-refractivity contribution in [1.82, 2.24) is 9.97 Å². The third kappa shape index (κ3) is 3.56. The number of aryl methyl sites for hydroxylation is 2. The molecule has 1 aromatic carbocycles. The second-order valence-corrected chi connectivity index (χ2v) is 5.07. The highest BCUT2D eigenvalue weighted by Crippen LogP contribution is 2.14. The van der Waals surface area contributed by atoms with Gasteiger partial charge in [0.15, 0.2) is 0 Å². The van der Waals surface area contributed by atoms with Crippen molar-refractivity contribution in [3.63, 3.8) is 0 Å². The molecule has 5 nitrogen and oxygen atoms in total. The highest BCUT2D eigenvalue weighted by atomic mass is 16.1. The second-order valence-electron chi connectivity index (χ2n) is 5.07. The molecule has 0 saturated carbocycles. The molecule has 1 heterocycles. The minimum atomic E-state index is -0.193. The molecule has 0 aliphatic heterocycles. The molecule has 0 unspecified atom stereocenters. The van der Waals surface area contributed by atoms with Crippen LogP contribution in [0, 0.1) is 6.92 Å². The fourth-order valence-corrected chi connectivity index (χ4v) is 1.92. The van der Waals surface area contributed by atoms with Gasteiger partial charge in [-0.05, 0) is 31.0 Å². The van der Waals surface area contributed by atoms with Gasteiger partial charge in [-0.15, -0.1) is 0 Å². The molecule has 0 bridgehead atoms. The Morgan fingerprint density at radius 3 is 2.43 bits per heavy atom. The summed E-state index contributed by atoms with van der Waals surface area (Å²) in [6.45, 7) is 3.91. The number of benzene rings is 1. The fourth-order valence-electron chi connectivity index (χ4n) is 1.92. The Hall–Kier alpha value is -2.43. The van der Waals surface area contributed by atoms with Crippen LogP contribution in [0.4, 0.5) is 11.6 Å². The van der Waals surface area contributed by atoms with Crippen LogP contribution in [0.1, 0.15) is 28.5 Å². The third-order valence-corrected chi connectivity index (χ3v) is 3.23. The lowest BCUT2D eigenvalue weighted by Crippen LogP contribution is -2.18. The molecule has 5 heteroatoms. The Bertz CT molecular complexity index is 635. The Balaban J connectivity index is 2.16. The average Bonchev–Trinajstić information content (AvgIpc) is 2.47. The van der Waals surface area contributed by atoms with Crippen molar-refractivity contribution in [2.45, 2.75) is 20.3 Å². The number of carbonyl (C=O) groups is 1. The normalized spacial score (nSPS) is 10.3. The molecule has 0 saturated heterocycles. The highest BCUT2D eigenvalue weighted by Gasteiger charge is 2.12. The van der Waals surface area contributed by atoms with Crippen molar-refractivity contribution >= 4 is 17.5 Å². The molecule has 21 heavy (non-hydrogen) atoms. The summed E-state index contributed by atoms with van der Waals surface area (Å²) in [6.07, 6.45) is 2.54. The van der Waals surface area contributed by atoms with E-state index >= 15 is 0 Å². The van der Waals surface area contributed by atoms with Crippen LogP contribution in [0.2, 0.25) is 0 Å². The topological polar surface area (TPSA) is 58.1 Å². The summed E-state index contributed by atoms with van der Waals surface area (Å²) in [5.74, 6) is 0.401. The van der Waals surface area contributed by atoms with Gasteiger partial charge in [0, 0.05) is 26.0 Å². The van der Waals surface area contributed by atoms with Crippen molar-refractivity contribution < 1.29 is 4.79 Å². The molecule has 1 aromatic heterocycles.